The Balaban J connectivity index is 1.44. The number of nitrogens with zero attached hydrogens (tertiary/aromatic N) is 3. The van der Waals surface area contributed by atoms with Gasteiger partial charge in [-0.2, -0.15) is 0 Å². The zero-order chi connectivity index (χ0) is 16.8. The summed E-state index contributed by atoms with van der Waals surface area (Å²) >= 11 is 1.41. The number of carbonyl (C=O) groups excluding carboxylic acids is 1. The molecule has 3 rings (SSSR count). The van der Waals surface area contributed by atoms with Gasteiger partial charge in [0.25, 0.3) is 0 Å². The summed E-state index contributed by atoms with van der Waals surface area (Å²) < 4.78 is 1.98. The Kier molecular flexibility index (Phi) is 5.07. The summed E-state index contributed by atoms with van der Waals surface area (Å²) in [6, 6.07) is 7.28. The highest BCUT2D eigenvalue weighted by atomic mass is 32.1. The first-order chi connectivity index (χ1) is 11.7. The van der Waals surface area contributed by atoms with Gasteiger partial charge in [-0.25, -0.2) is 14.8 Å². The number of benzene rings is 1. The van der Waals surface area contributed by atoms with Crippen molar-refractivity contribution >= 4 is 28.2 Å². The number of nitrogens with two attached hydrogens (primary N) is 1. The molecule has 0 radical (unpaired) electrons. The van der Waals surface area contributed by atoms with E-state index in [0.29, 0.717) is 11.7 Å². The van der Waals surface area contributed by atoms with Crippen molar-refractivity contribution in [2.24, 2.45) is 0 Å². The fourth-order valence-corrected chi connectivity index (χ4v) is 2.77. The number of amides is 2. The monoisotopic (exact) mass is 342 g/mol. The Bertz CT molecular complexity index is 781. The third-order valence-corrected chi connectivity index (χ3v) is 4.07. The third kappa shape index (κ3) is 4.32. The molecule has 8 heteroatoms. The molecule has 0 aliphatic carbocycles. The molecule has 0 saturated carbocycles. The molecule has 0 fully saturated rings. The van der Waals surface area contributed by atoms with Crippen LogP contribution < -0.4 is 16.4 Å². The second-order valence-corrected chi connectivity index (χ2v) is 6.07. The molecule has 2 aromatic heterocycles. The summed E-state index contributed by atoms with van der Waals surface area (Å²) in [5, 5.41) is 8.09. The van der Waals surface area contributed by atoms with Gasteiger partial charge in [0.2, 0.25) is 0 Å². The average Bonchev–Trinajstić information content (AvgIpc) is 3.24. The number of nitrogens with one attached hydrogen (secondary N) is 2. The molecule has 0 spiro atoms. The molecule has 0 bridgehead atoms. The van der Waals surface area contributed by atoms with E-state index in [1.165, 1.54) is 11.3 Å². The minimum absolute atomic E-state index is 0.216. The van der Waals surface area contributed by atoms with Gasteiger partial charge in [0, 0.05) is 42.1 Å². The number of hydrogen-bond acceptors (Lipinski definition) is 5. The summed E-state index contributed by atoms with van der Waals surface area (Å²) in [6.07, 6.45) is 6.24. The van der Waals surface area contributed by atoms with Crippen molar-refractivity contribution in [3.63, 3.8) is 0 Å². The zero-order valence-corrected chi connectivity index (χ0v) is 13.8. The van der Waals surface area contributed by atoms with Crippen LogP contribution >= 0.6 is 11.3 Å². The molecule has 2 heterocycles. The van der Waals surface area contributed by atoms with E-state index in [1.807, 2.05) is 40.4 Å². The van der Waals surface area contributed by atoms with Crippen LogP contribution in [0.1, 0.15) is 6.42 Å². The van der Waals surface area contributed by atoms with Crippen LogP contribution in [0.4, 0.5) is 15.6 Å². The number of aryl methyl sites for hydroxylation is 1. The zero-order valence-electron chi connectivity index (χ0n) is 13.0. The maximum absolute atomic E-state index is 11.9. The topological polar surface area (TPSA) is 97.9 Å². The predicted octanol–water partition coefficient (Wildman–Crippen LogP) is 2.80. The predicted molar refractivity (Wildman–Crippen MR) is 95.8 cm³/mol. The first-order valence-corrected chi connectivity index (χ1v) is 8.41. The number of aromatic nitrogens is 3. The summed E-state index contributed by atoms with van der Waals surface area (Å²) in [4.78, 5) is 20.1. The van der Waals surface area contributed by atoms with Crippen molar-refractivity contribution in [3.05, 3.63) is 48.4 Å². The van der Waals surface area contributed by atoms with Crippen LogP contribution in [0.3, 0.4) is 0 Å². The van der Waals surface area contributed by atoms with E-state index >= 15 is 0 Å². The second kappa shape index (κ2) is 7.60. The fraction of sp³-hybridized carbons (Fsp3) is 0.188. The molecule has 3 aromatic rings. The minimum Gasteiger partial charge on any atom is -0.375 e. The summed E-state index contributed by atoms with van der Waals surface area (Å²) in [5.74, 6) is 0. The molecule has 0 unspecified atom stereocenters. The highest BCUT2D eigenvalue weighted by Crippen LogP contribution is 2.24. The quantitative estimate of drug-likeness (QED) is 0.600. The number of urea groups is 1. The summed E-state index contributed by atoms with van der Waals surface area (Å²) in [5.41, 5.74) is 8.18. The van der Waals surface area contributed by atoms with Crippen molar-refractivity contribution in [2.45, 2.75) is 13.0 Å². The fourth-order valence-electron chi connectivity index (χ4n) is 2.20. The van der Waals surface area contributed by atoms with Gasteiger partial charge >= 0.3 is 6.03 Å². The molecule has 1 aromatic carbocycles. The van der Waals surface area contributed by atoms with Crippen molar-refractivity contribution in [1.29, 1.82) is 0 Å². The van der Waals surface area contributed by atoms with Crippen molar-refractivity contribution in [3.8, 4) is 11.3 Å². The van der Waals surface area contributed by atoms with Crippen LogP contribution in [0.2, 0.25) is 0 Å². The highest BCUT2D eigenvalue weighted by molar-refractivity contribution is 7.13. The number of hydrogen-bond donors (Lipinski definition) is 3. The number of carbonyl (C=O) groups is 1. The molecular formula is C16H18N6OS. The molecule has 0 atom stereocenters. The lowest BCUT2D eigenvalue weighted by Gasteiger charge is -2.08. The maximum atomic E-state index is 11.9. The van der Waals surface area contributed by atoms with Gasteiger partial charge in [0.05, 0.1) is 12.0 Å². The number of nitrogen functional groups attached to an aromatic ring is 1. The first-order valence-electron chi connectivity index (χ1n) is 7.53. The van der Waals surface area contributed by atoms with E-state index in [2.05, 4.69) is 20.6 Å². The SMILES string of the molecule is Nc1nc(-c2ccc(NC(=O)NCCCn3ccnc3)cc2)cs1. The molecule has 7 nitrogen and oxygen atoms in total. The molecule has 124 valence electrons. The van der Waals surface area contributed by atoms with Gasteiger partial charge in [-0.15, -0.1) is 11.3 Å². The minimum atomic E-state index is -0.216. The van der Waals surface area contributed by atoms with Crippen molar-refractivity contribution in [2.75, 3.05) is 17.6 Å². The number of rotatable bonds is 6. The Hall–Kier alpha value is -2.87. The van der Waals surface area contributed by atoms with E-state index in [9.17, 15) is 4.79 Å². The highest BCUT2D eigenvalue weighted by Gasteiger charge is 2.04. The van der Waals surface area contributed by atoms with Gasteiger partial charge in [0.1, 0.15) is 0 Å². The number of anilines is 2. The molecular weight excluding hydrogens is 324 g/mol. The molecule has 24 heavy (non-hydrogen) atoms. The standard InChI is InChI=1S/C16H18N6OS/c17-15-21-14(10-24-15)12-2-4-13(5-3-12)20-16(23)19-6-1-8-22-9-7-18-11-22/h2-5,7,9-11H,1,6,8H2,(H2,17,21)(H2,19,20,23). The van der Waals surface area contributed by atoms with Crippen LogP contribution in [0.25, 0.3) is 11.3 Å². The van der Waals surface area contributed by atoms with Crippen LogP contribution in [0.5, 0.6) is 0 Å². The van der Waals surface area contributed by atoms with E-state index in [0.717, 1.165) is 29.9 Å². The molecule has 0 saturated heterocycles. The van der Waals surface area contributed by atoms with E-state index < -0.39 is 0 Å². The lowest BCUT2D eigenvalue weighted by Crippen LogP contribution is -2.29. The van der Waals surface area contributed by atoms with Gasteiger partial charge in [0.15, 0.2) is 5.13 Å². The van der Waals surface area contributed by atoms with Gasteiger partial charge in [-0.3, -0.25) is 0 Å². The average molecular weight is 342 g/mol. The number of imidazole rings is 1. The lowest BCUT2D eigenvalue weighted by molar-refractivity contribution is 0.252. The maximum Gasteiger partial charge on any atom is 0.319 e. The van der Waals surface area contributed by atoms with Gasteiger partial charge in [-0.1, -0.05) is 12.1 Å². The summed E-state index contributed by atoms with van der Waals surface area (Å²) in [7, 11) is 0. The van der Waals surface area contributed by atoms with Crippen molar-refractivity contribution < 1.29 is 4.79 Å². The van der Waals surface area contributed by atoms with E-state index in [-0.39, 0.29) is 6.03 Å². The number of thiazole rings is 1. The van der Waals surface area contributed by atoms with Gasteiger partial charge < -0.3 is 20.9 Å². The summed E-state index contributed by atoms with van der Waals surface area (Å²) in [6.45, 7) is 1.42. The normalized spacial score (nSPS) is 10.5. The second-order valence-electron chi connectivity index (χ2n) is 5.18. The lowest BCUT2D eigenvalue weighted by atomic mass is 10.1. The first kappa shape index (κ1) is 16.0. The van der Waals surface area contributed by atoms with Crippen LogP contribution in [0, 0.1) is 0 Å². The molecule has 4 N–H and O–H groups in total. The largest absolute Gasteiger partial charge is 0.375 e. The van der Waals surface area contributed by atoms with Gasteiger partial charge in [-0.05, 0) is 18.6 Å². The van der Waals surface area contributed by atoms with Crippen molar-refractivity contribution in [1.82, 2.24) is 19.9 Å². The third-order valence-electron chi connectivity index (χ3n) is 3.40. The van der Waals surface area contributed by atoms with E-state index in [4.69, 9.17) is 5.73 Å². The Morgan fingerprint density at radius 1 is 1.29 bits per heavy atom. The molecule has 0 aliphatic rings. The Morgan fingerprint density at radius 2 is 2.12 bits per heavy atom. The Morgan fingerprint density at radius 3 is 2.79 bits per heavy atom. The van der Waals surface area contributed by atoms with Crippen LogP contribution in [-0.2, 0) is 6.54 Å². The molecule has 2 amide bonds. The van der Waals surface area contributed by atoms with Crippen LogP contribution in [-0.4, -0.2) is 27.1 Å². The smallest absolute Gasteiger partial charge is 0.319 e. The van der Waals surface area contributed by atoms with Crippen LogP contribution in [0.15, 0.2) is 48.4 Å². The Labute approximate surface area is 143 Å². The molecule has 0 aliphatic heterocycles. The van der Waals surface area contributed by atoms with E-state index in [1.54, 1.807) is 12.5 Å².